The highest BCUT2D eigenvalue weighted by atomic mass is 16.4. The number of carbonyl (C=O) groups excluding carboxylic acids is 1. The molecule has 0 aromatic carbocycles. The highest BCUT2D eigenvalue weighted by Crippen LogP contribution is 2.22. The van der Waals surface area contributed by atoms with Crippen LogP contribution in [0, 0.1) is 23.2 Å². The van der Waals surface area contributed by atoms with Crippen LogP contribution in [0.3, 0.4) is 0 Å². The van der Waals surface area contributed by atoms with Crippen LogP contribution in [0.4, 0.5) is 0 Å². The predicted octanol–water partition coefficient (Wildman–Crippen LogP) is -0.721. The molecule has 1 amide bonds. The number of nitriles is 1. The average molecular weight is 225 g/mol. The average Bonchev–Trinajstić information content (AvgIpc) is 2.56. The molecule has 1 saturated heterocycles. The molecule has 2 atom stereocenters. The zero-order valence-corrected chi connectivity index (χ0v) is 9.14. The first-order valence-electron chi connectivity index (χ1n) is 5.13. The number of likely N-dealkylation sites (tertiary alicyclic amines) is 1. The monoisotopic (exact) mass is 225 g/mol. The van der Waals surface area contributed by atoms with Crippen molar-refractivity contribution in [2.75, 3.05) is 26.2 Å². The summed E-state index contributed by atoms with van der Waals surface area (Å²) in [6.07, 6.45) is 0. The molecule has 2 unspecified atom stereocenters. The van der Waals surface area contributed by atoms with E-state index in [0.29, 0.717) is 13.1 Å². The van der Waals surface area contributed by atoms with Crippen molar-refractivity contribution in [1.82, 2.24) is 10.2 Å². The summed E-state index contributed by atoms with van der Waals surface area (Å²) in [5.74, 6) is -1.39. The maximum Gasteiger partial charge on any atom is 0.308 e. The topological polar surface area (TPSA) is 93.4 Å². The highest BCUT2D eigenvalue weighted by Gasteiger charge is 2.35. The van der Waals surface area contributed by atoms with E-state index < -0.39 is 11.9 Å². The van der Waals surface area contributed by atoms with Crippen LogP contribution in [0.5, 0.6) is 0 Å². The van der Waals surface area contributed by atoms with Crippen molar-refractivity contribution in [2.24, 2.45) is 11.8 Å². The van der Waals surface area contributed by atoms with E-state index >= 15 is 0 Å². The zero-order valence-electron chi connectivity index (χ0n) is 9.14. The molecule has 16 heavy (non-hydrogen) atoms. The van der Waals surface area contributed by atoms with Crippen LogP contribution >= 0.6 is 0 Å². The van der Waals surface area contributed by atoms with Gasteiger partial charge in [0.15, 0.2) is 0 Å². The van der Waals surface area contributed by atoms with Crippen LogP contribution in [0.1, 0.15) is 6.92 Å². The lowest BCUT2D eigenvalue weighted by atomic mass is 9.99. The molecule has 0 spiro atoms. The van der Waals surface area contributed by atoms with E-state index in [4.69, 9.17) is 10.4 Å². The fourth-order valence-electron chi connectivity index (χ4n) is 1.91. The summed E-state index contributed by atoms with van der Waals surface area (Å²) in [7, 11) is 0. The lowest BCUT2D eigenvalue weighted by Crippen LogP contribution is -2.36. The Morgan fingerprint density at radius 2 is 2.25 bits per heavy atom. The number of amides is 1. The fraction of sp³-hybridized carbons (Fsp3) is 0.700. The Hall–Kier alpha value is -1.61. The molecular formula is C10H15N3O3. The number of carboxylic acids is 1. The van der Waals surface area contributed by atoms with Gasteiger partial charge < -0.3 is 10.4 Å². The van der Waals surface area contributed by atoms with Crippen LogP contribution in [0.15, 0.2) is 0 Å². The SMILES string of the molecule is CC1CN(CC(=O)NCC#N)CC1C(=O)O. The maximum atomic E-state index is 11.3. The van der Waals surface area contributed by atoms with E-state index in [2.05, 4.69) is 5.32 Å². The van der Waals surface area contributed by atoms with Crippen LogP contribution < -0.4 is 5.32 Å². The first-order valence-corrected chi connectivity index (χ1v) is 5.13. The molecule has 1 aliphatic rings. The third-order valence-electron chi connectivity index (χ3n) is 2.74. The van der Waals surface area contributed by atoms with E-state index in [-0.39, 0.29) is 24.9 Å². The van der Waals surface area contributed by atoms with Gasteiger partial charge >= 0.3 is 5.97 Å². The van der Waals surface area contributed by atoms with Crippen molar-refractivity contribution in [3.63, 3.8) is 0 Å². The quantitative estimate of drug-likeness (QED) is 0.616. The molecule has 0 aliphatic carbocycles. The Morgan fingerprint density at radius 1 is 1.56 bits per heavy atom. The van der Waals surface area contributed by atoms with E-state index in [1.807, 2.05) is 13.0 Å². The fourth-order valence-corrected chi connectivity index (χ4v) is 1.91. The summed E-state index contributed by atoms with van der Waals surface area (Å²) in [5.41, 5.74) is 0. The molecule has 88 valence electrons. The second kappa shape index (κ2) is 5.47. The summed E-state index contributed by atoms with van der Waals surface area (Å²) in [6.45, 7) is 3.03. The van der Waals surface area contributed by atoms with Gasteiger partial charge in [0.25, 0.3) is 0 Å². The lowest BCUT2D eigenvalue weighted by Gasteiger charge is -2.13. The summed E-state index contributed by atoms with van der Waals surface area (Å²) in [5, 5.41) is 19.6. The molecule has 1 rings (SSSR count). The van der Waals surface area contributed by atoms with Crippen molar-refractivity contribution in [3.05, 3.63) is 0 Å². The van der Waals surface area contributed by atoms with Crippen molar-refractivity contribution in [1.29, 1.82) is 5.26 Å². The summed E-state index contributed by atoms with van der Waals surface area (Å²) in [6, 6.07) is 1.81. The molecule has 6 heteroatoms. The van der Waals surface area contributed by atoms with Gasteiger partial charge in [-0.3, -0.25) is 14.5 Å². The van der Waals surface area contributed by atoms with Crippen LogP contribution in [0.25, 0.3) is 0 Å². The molecule has 0 aromatic rings. The van der Waals surface area contributed by atoms with E-state index in [1.165, 1.54) is 0 Å². The normalized spacial score (nSPS) is 25.0. The van der Waals surface area contributed by atoms with Gasteiger partial charge in [0.05, 0.1) is 18.5 Å². The number of hydrogen-bond acceptors (Lipinski definition) is 4. The van der Waals surface area contributed by atoms with Crippen molar-refractivity contribution < 1.29 is 14.7 Å². The van der Waals surface area contributed by atoms with Gasteiger partial charge in [-0.05, 0) is 5.92 Å². The number of carbonyl (C=O) groups is 2. The zero-order chi connectivity index (χ0) is 12.1. The highest BCUT2D eigenvalue weighted by molar-refractivity contribution is 5.78. The molecule has 0 bridgehead atoms. The minimum Gasteiger partial charge on any atom is -0.481 e. The van der Waals surface area contributed by atoms with E-state index in [0.717, 1.165) is 0 Å². The Morgan fingerprint density at radius 3 is 2.75 bits per heavy atom. The van der Waals surface area contributed by atoms with Crippen LogP contribution in [-0.2, 0) is 9.59 Å². The first-order chi connectivity index (χ1) is 7.54. The van der Waals surface area contributed by atoms with Gasteiger partial charge in [0.2, 0.25) is 5.91 Å². The number of nitrogens with one attached hydrogen (secondary N) is 1. The third kappa shape index (κ3) is 3.21. The molecule has 1 aliphatic heterocycles. The second-order valence-electron chi connectivity index (χ2n) is 4.05. The van der Waals surface area contributed by atoms with Crippen molar-refractivity contribution in [2.45, 2.75) is 6.92 Å². The predicted molar refractivity (Wildman–Crippen MR) is 55.4 cm³/mol. The van der Waals surface area contributed by atoms with Gasteiger partial charge in [0, 0.05) is 13.1 Å². The van der Waals surface area contributed by atoms with E-state index in [1.54, 1.807) is 4.90 Å². The van der Waals surface area contributed by atoms with E-state index in [9.17, 15) is 9.59 Å². The Bertz CT molecular complexity index is 324. The summed E-state index contributed by atoms with van der Waals surface area (Å²) < 4.78 is 0. The molecule has 0 saturated carbocycles. The van der Waals surface area contributed by atoms with Gasteiger partial charge in [-0.1, -0.05) is 6.92 Å². The molecule has 1 fully saturated rings. The first kappa shape index (κ1) is 12.5. The molecular weight excluding hydrogens is 210 g/mol. The van der Waals surface area contributed by atoms with Crippen molar-refractivity contribution >= 4 is 11.9 Å². The maximum absolute atomic E-state index is 11.3. The molecule has 0 radical (unpaired) electrons. The minimum atomic E-state index is -0.813. The summed E-state index contributed by atoms with van der Waals surface area (Å²) >= 11 is 0. The summed E-state index contributed by atoms with van der Waals surface area (Å²) in [4.78, 5) is 23.9. The number of carboxylic acid groups (broad SMARTS) is 1. The smallest absolute Gasteiger partial charge is 0.308 e. The van der Waals surface area contributed by atoms with Gasteiger partial charge in [0.1, 0.15) is 6.54 Å². The third-order valence-corrected chi connectivity index (χ3v) is 2.74. The van der Waals surface area contributed by atoms with Crippen molar-refractivity contribution in [3.8, 4) is 6.07 Å². The largest absolute Gasteiger partial charge is 0.481 e. The van der Waals surface area contributed by atoms with Crippen LogP contribution in [0.2, 0.25) is 0 Å². The standard InChI is InChI=1S/C10H15N3O3/c1-7-4-13(5-8(7)10(15)16)6-9(14)12-3-2-11/h7-8H,3-6H2,1H3,(H,12,14)(H,15,16). The molecule has 1 heterocycles. The second-order valence-corrected chi connectivity index (χ2v) is 4.05. The number of hydrogen-bond donors (Lipinski definition) is 2. The van der Waals surface area contributed by atoms with Crippen LogP contribution in [-0.4, -0.2) is 48.1 Å². The Labute approximate surface area is 93.8 Å². The molecule has 2 N–H and O–H groups in total. The Kier molecular flexibility index (Phi) is 4.26. The number of rotatable bonds is 4. The minimum absolute atomic E-state index is 0.00934. The van der Waals surface area contributed by atoms with Gasteiger partial charge in [-0.25, -0.2) is 0 Å². The Balaban J connectivity index is 2.39. The van der Waals surface area contributed by atoms with Gasteiger partial charge in [-0.2, -0.15) is 5.26 Å². The molecule has 6 nitrogen and oxygen atoms in total. The molecule has 0 aromatic heterocycles. The lowest BCUT2D eigenvalue weighted by molar-refractivity contribution is -0.142. The van der Waals surface area contributed by atoms with Gasteiger partial charge in [-0.15, -0.1) is 0 Å². The number of nitrogens with zero attached hydrogens (tertiary/aromatic N) is 2. The number of aliphatic carboxylic acids is 1.